The minimum Gasteiger partial charge on any atom is -0.0651 e. The SMILES string of the molecule is CCC1CCC(C2CC(C)C(C(C)C)C2)C1C. The van der Waals surface area contributed by atoms with Crippen LogP contribution in [-0.4, -0.2) is 0 Å². The van der Waals surface area contributed by atoms with E-state index < -0.39 is 0 Å². The number of hydrogen-bond donors (Lipinski definition) is 0. The van der Waals surface area contributed by atoms with E-state index >= 15 is 0 Å². The van der Waals surface area contributed by atoms with Gasteiger partial charge in [0.15, 0.2) is 0 Å². The van der Waals surface area contributed by atoms with E-state index in [4.69, 9.17) is 0 Å². The predicted octanol–water partition coefficient (Wildman–Crippen LogP) is 5.38. The largest absolute Gasteiger partial charge is 0.0651 e. The Labute approximate surface area is 109 Å². The van der Waals surface area contributed by atoms with E-state index in [1.54, 1.807) is 0 Å². The second kappa shape index (κ2) is 5.33. The summed E-state index contributed by atoms with van der Waals surface area (Å²) in [4.78, 5) is 0. The molecule has 2 aliphatic carbocycles. The number of hydrogen-bond acceptors (Lipinski definition) is 0. The first-order valence-electron chi connectivity index (χ1n) is 8.04. The summed E-state index contributed by atoms with van der Waals surface area (Å²) in [7, 11) is 0. The van der Waals surface area contributed by atoms with Crippen molar-refractivity contribution in [2.45, 2.75) is 66.7 Å². The standard InChI is InChI=1S/C17H32/c1-6-14-7-8-16(13(14)5)15-9-12(4)17(10-15)11(2)3/h11-17H,6-10H2,1-5H3. The molecule has 0 spiro atoms. The Hall–Kier alpha value is 0. The van der Waals surface area contributed by atoms with Crippen LogP contribution < -0.4 is 0 Å². The van der Waals surface area contributed by atoms with Crippen LogP contribution in [0.25, 0.3) is 0 Å². The van der Waals surface area contributed by atoms with Gasteiger partial charge in [-0.1, -0.05) is 41.0 Å². The molecule has 0 aliphatic heterocycles. The average Bonchev–Trinajstić information content (AvgIpc) is 2.81. The van der Waals surface area contributed by atoms with Crippen molar-refractivity contribution < 1.29 is 0 Å². The molecule has 0 radical (unpaired) electrons. The average molecular weight is 236 g/mol. The maximum Gasteiger partial charge on any atom is -0.0357 e. The second-order valence-corrected chi connectivity index (χ2v) is 7.39. The van der Waals surface area contributed by atoms with Crippen LogP contribution in [-0.2, 0) is 0 Å². The van der Waals surface area contributed by atoms with Crippen molar-refractivity contribution >= 4 is 0 Å². The molecule has 0 aromatic heterocycles. The Morgan fingerprint density at radius 1 is 1.06 bits per heavy atom. The first kappa shape index (κ1) is 13.4. The fourth-order valence-corrected chi connectivity index (χ4v) is 5.13. The number of rotatable bonds is 3. The quantitative estimate of drug-likeness (QED) is 0.617. The lowest BCUT2D eigenvalue weighted by Gasteiger charge is -2.26. The topological polar surface area (TPSA) is 0 Å². The van der Waals surface area contributed by atoms with Gasteiger partial charge in [0.1, 0.15) is 0 Å². The van der Waals surface area contributed by atoms with Gasteiger partial charge in [-0.15, -0.1) is 0 Å². The lowest BCUT2D eigenvalue weighted by molar-refractivity contribution is 0.234. The van der Waals surface area contributed by atoms with Crippen molar-refractivity contribution in [1.82, 2.24) is 0 Å². The molecule has 6 atom stereocenters. The summed E-state index contributed by atoms with van der Waals surface area (Å²) < 4.78 is 0. The van der Waals surface area contributed by atoms with Crippen LogP contribution in [0.2, 0.25) is 0 Å². The van der Waals surface area contributed by atoms with Gasteiger partial charge in [-0.3, -0.25) is 0 Å². The predicted molar refractivity (Wildman–Crippen MR) is 75.9 cm³/mol. The van der Waals surface area contributed by atoms with E-state index in [-0.39, 0.29) is 0 Å². The molecule has 2 aliphatic rings. The van der Waals surface area contributed by atoms with Crippen molar-refractivity contribution in [3.63, 3.8) is 0 Å². The summed E-state index contributed by atoms with van der Waals surface area (Å²) in [5.74, 6) is 7.04. The van der Waals surface area contributed by atoms with E-state index in [1.165, 1.54) is 32.1 Å². The van der Waals surface area contributed by atoms with Crippen molar-refractivity contribution in [3.8, 4) is 0 Å². The molecule has 17 heavy (non-hydrogen) atoms. The molecule has 0 bridgehead atoms. The summed E-state index contributed by atoms with van der Waals surface area (Å²) >= 11 is 0. The maximum atomic E-state index is 2.54. The summed E-state index contributed by atoms with van der Waals surface area (Å²) in [6, 6.07) is 0. The van der Waals surface area contributed by atoms with Crippen LogP contribution in [0, 0.1) is 41.4 Å². The molecule has 0 saturated heterocycles. The summed E-state index contributed by atoms with van der Waals surface area (Å²) in [5.41, 5.74) is 0. The molecule has 0 nitrogen and oxygen atoms in total. The Morgan fingerprint density at radius 3 is 2.24 bits per heavy atom. The van der Waals surface area contributed by atoms with Gasteiger partial charge in [0.2, 0.25) is 0 Å². The molecular weight excluding hydrogens is 204 g/mol. The highest BCUT2D eigenvalue weighted by molar-refractivity contribution is 4.92. The minimum atomic E-state index is 0.897. The van der Waals surface area contributed by atoms with Gasteiger partial charge in [-0.25, -0.2) is 0 Å². The van der Waals surface area contributed by atoms with Gasteiger partial charge < -0.3 is 0 Å². The molecular formula is C17H32. The van der Waals surface area contributed by atoms with E-state index in [0.29, 0.717) is 0 Å². The molecule has 2 fully saturated rings. The zero-order valence-electron chi connectivity index (χ0n) is 12.6. The highest BCUT2D eigenvalue weighted by atomic mass is 14.5. The molecule has 0 heteroatoms. The molecule has 0 aromatic carbocycles. The second-order valence-electron chi connectivity index (χ2n) is 7.39. The normalized spacial score (nSPS) is 46.9. The molecule has 0 aromatic rings. The smallest absolute Gasteiger partial charge is 0.0357 e. The van der Waals surface area contributed by atoms with Crippen LogP contribution >= 0.6 is 0 Å². The zero-order chi connectivity index (χ0) is 12.6. The molecule has 100 valence electrons. The van der Waals surface area contributed by atoms with Crippen LogP contribution in [0.1, 0.15) is 66.7 Å². The van der Waals surface area contributed by atoms with E-state index in [1.807, 2.05) is 0 Å². The van der Waals surface area contributed by atoms with E-state index in [9.17, 15) is 0 Å². The van der Waals surface area contributed by atoms with Gasteiger partial charge in [0.25, 0.3) is 0 Å². The van der Waals surface area contributed by atoms with Crippen LogP contribution in [0.5, 0.6) is 0 Å². The highest BCUT2D eigenvalue weighted by Crippen LogP contribution is 2.51. The molecule has 0 heterocycles. The van der Waals surface area contributed by atoms with Gasteiger partial charge in [0, 0.05) is 0 Å². The van der Waals surface area contributed by atoms with Gasteiger partial charge in [-0.05, 0) is 67.1 Å². The van der Waals surface area contributed by atoms with Gasteiger partial charge >= 0.3 is 0 Å². The van der Waals surface area contributed by atoms with Crippen molar-refractivity contribution in [2.75, 3.05) is 0 Å². The van der Waals surface area contributed by atoms with Crippen molar-refractivity contribution in [1.29, 1.82) is 0 Å². The van der Waals surface area contributed by atoms with Crippen LogP contribution in [0.3, 0.4) is 0 Å². The van der Waals surface area contributed by atoms with Crippen LogP contribution in [0.15, 0.2) is 0 Å². The third-order valence-electron chi connectivity index (χ3n) is 6.26. The fourth-order valence-electron chi connectivity index (χ4n) is 5.13. The first-order chi connectivity index (χ1) is 8.04. The highest BCUT2D eigenvalue weighted by Gasteiger charge is 2.42. The third kappa shape index (κ3) is 2.56. The van der Waals surface area contributed by atoms with Gasteiger partial charge in [-0.2, -0.15) is 0 Å². The third-order valence-corrected chi connectivity index (χ3v) is 6.26. The maximum absolute atomic E-state index is 2.54. The minimum absolute atomic E-state index is 0.897. The molecule has 0 N–H and O–H groups in total. The Morgan fingerprint density at radius 2 is 1.76 bits per heavy atom. The fraction of sp³-hybridized carbons (Fsp3) is 1.00. The summed E-state index contributed by atoms with van der Waals surface area (Å²) in [6.07, 6.45) is 7.51. The Bertz CT molecular complexity index is 242. The van der Waals surface area contributed by atoms with Gasteiger partial charge in [0.05, 0.1) is 0 Å². The first-order valence-corrected chi connectivity index (χ1v) is 8.04. The Balaban J connectivity index is 1.97. The van der Waals surface area contributed by atoms with E-state index in [0.717, 1.165) is 41.4 Å². The van der Waals surface area contributed by atoms with Crippen molar-refractivity contribution in [2.24, 2.45) is 41.4 Å². The lowest BCUT2D eigenvalue weighted by atomic mass is 9.80. The lowest BCUT2D eigenvalue weighted by Crippen LogP contribution is -2.18. The molecule has 0 amide bonds. The Kier molecular flexibility index (Phi) is 4.21. The monoisotopic (exact) mass is 236 g/mol. The molecule has 2 rings (SSSR count). The van der Waals surface area contributed by atoms with Crippen LogP contribution in [0.4, 0.5) is 0 Å². The summed E-state index contributed by atoms with van der Waals surface area (Å²) in [6.45, 7) is 12.3. The zero-order valence-corrected chi connectivity index (χ0v) is 12.6. The molecule has 6 unspecified atom stereocenters. The van der Waals surface area contributed by atoms with Crippen molar-refractivity contribution in [3.05, 3.63) is 0 Å². The summed E-state index contributed by atoms with van der Waals surface area (Å²) in [5, 5.41) is 0. The van der Waals surface area contributed by atoms with E-state index in [2.05, 4.69) is 34.6 Å². The molecule has 2 saturated carbocycles.